The van der Waals surface area contributed by atoms with Gasteiger partial charge in [0.2, 0.25) is 5.91 Å². The predicted octanol–water partition coefficient (Wildman–Crippen LogP) is 2.13. The Hall–Kier alpha value is -1.84. The lowest BCUT2D eigenvalue weighted by Gasteiger charge is -2.26. The standard InChI is InChI=1S/C16H22N2O2/c1-13-7-3-4-8-14(13)16(20)17-10-9-15(19)18-11-5-2-6-12-18/h3-4,7-8H,2,5-6,9-12H2,1H3,(H,17,20). The zero-order valence-corrected chi connectivity index (χ0v) is 12.0. The summed E-state index contributed by atoms with van der Waals surface area (Å²) in [5.41, 5.74) is 1.63. The average molecular weight is 274 g/mol. The monoisotopic (exact) mass is 274 g/mol. The lowest BCUT2D eigenvalue weighted by atomic mass is 10.1. The molecule has 0 aromatic heterocycles. The molecular weight excluding hydrogens is 252 g/mol. The first-order valence-corrected chi connectivity index (χ1v) is 7.30. The number of amides is 2. The predicted molar refractivity (Wildman–Crippen MR) is 78.6 cm³/mol. The summed E-state index contributed by atoms with van der Waals surface area (Å²) in [6, 6.07) is 7.47. The minimum atomic E-state index is -0.102. The summed E-state index contributed by atoms with van der Waals surface area (Å²) in [5.74, 6) is 0.0457. The second-order valence-corrected chi connectivity index (χ2v) is 5.26. The Balaban J connectivity index is 1.76. The van der Waals surface area contributed by atoms with Crippen LogP contribution in [0.2, 0.25) is 0 Å². The fourth-order valence-electron chi connectivity index (χ4n) is 2.51. The van der Waals surface area contributed by atoms with Gasteiger partial charge in [-0.05, 0) is 37.8 Å². The molecule has 1 aromatic carbocycles. The quantitative estimate of drug-likeness (QED) is 0.914. The fraction of sp³-hybridized carbons (Fsp3) is 0.500. The van der Waals surface area contributed by atoms with Crippen LogP contribution in [0.15, 0.2) is 24.3 Å². The zero-order valence-electron chi connectivity index (χ0n) is 12.0. The van der Waals surface area contributed by atoms with Gasteiger partial charge in [0.15, 0.2) is 0 Å². The molecule has 0 atom stereocenters. The lowest BCUT2D eigenvalue weighted by Crippen LogP contribution is -2.37. The van der Waals surface area contributed by atoms with Gasteiger partial charge in [-0.25, -0.2) is 0 Å². The van der Waals surface area contributed by atoms with E-state index >= 15 is 0 Å². The maximum Gasteiger partial charge on any atom is 0.251 e. The second kappa shape index (κ2) is 7.08. The van der Waals surface area contributed by atoms with Gasteiger partial charge in [0.05, 0.1) is 0 Å². The number of nitrogens with one attached hydrogen (secondary N) is 1. The van der Waals surface area contributed by atoms with Gasteiger partial charge in [-0.1, -0.05) is 18.2 Å². The first-order chi connectivity index (χ1) is 9.68. The van der Waals surface area contributed by atoms with Crippen LogP contribution in [0.5, 0.6) is 0 Å². The third kappa shape index (κ3) is 3.83. The molecule has 1 aromatic rings. The highest BCUT2D eigenvalue weighted by atomic mass is 16.2. The number of carbonyl (C=O) groups excluding carboxylic acids is 2. The van der Waals surface area contributed by atoms with Gasteiger partial charge < -0.3 is 10.2 Å². The number of piperidine rings is 1. The Morgan fingerprint density at radius 3 is 2.55 bits per heavy atom. The second-order valence-electron chi connectivity index (χ2n) is 5.26. The van der Waals surface area contributed by atoms with Crippen LogP contribution in [-0.4, -0.2) is 36.3 Å². The smallest absolute Gasteiger partial charge is 0.251 e. The number of hydrogen-bond donors (Lipinski definition) is 1. The summed E-state index contributed by atoms with van der Waals surface area (Å²) in [7, 11) is 0. The molecular formula is C16H22N2O2. The fourth-order valence-corrected chi connectivity index (χ4v) is 2.51. The molecule has 108 valence electrons. The minimum absolute atomic E-state index is 0.102. The van der Waals surface area contributed by atoms with E-state index in [2.05, 4.69) is 5.32 Å². The highest BCUT2D eigenvalue weighted by molar-refractivity contribution is 5.95. The summed E-state index contributed by atoms with van der Waals surface area (Å²) in [4.78, 5) is 25.9. The van der Waals surface area contributed by atoms with Gasteiger partial charge in [0.1, 0.15) is 0 Å². The maximum atomic E-state index is 12.0. The Kier molecular flexibility index (Phi) is 5.16. The normalized spacial score (nSPS) is 14.9. The van der Waals surface area contributed by atoms with E-state index in [0.29, 0.717) is 18.5 Å². The number of rotatable bonds is 4. The van der Waals surface area contributed by atoms with Gasteiger partial charge in [0, 0.05) is 31.6 Å². The van der Waals surface area contributed by atoms with Crippen molar-refractivity contribution >= 4 is 11.8 Å². The van der Waals surface area contributed by atoms with Crippen LogP contribution in [0.3, 0.4) is 0 Å². The van der Waals surface area contributed by atoms with Crippen LogP contribution in [0.25, 0.3) is 0 Å². The molecule has 0 aliphatic carbocycles. The largest absolute Gasteiger partial charge is 0.352 e. The third-order valence-electron chi connectivity index (χ3n) is 3.72. The topological polar surface area (TPSA) is 49.4 Å². The number of carbonyl (C=O) groups is 2. The van der Waals surface area contributed by atoms with E-state index in [9.17, 15) is 9.59 Å². The van der Waals surface area contributed by atoms with Crippen molar-refractivity contribution in [1.82, 2.24) is 10.2 Å². The van der Waals surface area contributed by atoms with Gasteiger partial charge in [0.25, 0.3) is 5.91 Å². The number of aryl methyl sites for hydroxylation is 1. The molecule has 4 heteroatoms. The summed E-state index contributed by atoms with van der Waals surface area (Å²) >= 11 is 0. The molecule has 0 saturated carbocycles. The van der Waals surface area contributed by atoms with Crippen LogP contribution >= 0.6 is 0 Å². The molecule has 20 heavy (non-hydrogen) atoms. The van der Waals surface area contributed by atoms with Gasteiger partial charge >= 0.3 is 0 Å². The first kappa shape index (κ1) is 14.6. The Morgan fingerprint density at radius 2 is 1.85 bits per heavy atom. The van der Waals surface area contributed by atoms with E-state index < -0.39 is 0 Å². The summed E-state index contributed by atoms with van der Waals surface area (Å²) in [5, 5.41) is 2.82. The van der Waals surface area contributed by atoms with Crippen molar-refractivity contribution in [3.8, 4) is 0 Å². The maximum absolute atomic E-state index is 12.0. The molecule has 1 fully saturated rings. The minimum Gasteiger partial charge on any atom is -0.352 e. The molecule has 2 rings (SSSR count). The van der Waals surface area contributed by atoms with Crippen LogP contribution in [0.1, 0.15) is 41.6 Å². The van der Waals surface area contributed by atoms with E-state index in [1.165, 1.54) is 6.42 Å². The van der Waals surface area contributed by atoms with E-state index in [4.69, 9.17) is 0 Å². The van der Waals surface area contributed by atoms with Crippen molar-refractivity contribution in [3.05, 3.63) is 35.4 Å². The molecule has 1 heterocycles. The molecule has 1 N–H and O–H groups in total. The summed E-state index contributed by atoms with van der Waals surface area (Å²) in [6.45, 7) is 4.05. The Labute approximate surface area is 120 Å². The van der Waals surface area contributed by atoms with Crippen molar-refractivity contribution < 1.29 is 9.59 Å². The molecule has 2 amide bonds. The van der Waals surface area contributed by atoms with Crippen molar-refractivity contribution in [2.45, 2.75) is 32.6 Å². The molecule has 0 bridgehead atoms. The molecule has 0 radical (unpaired) electrons. The molecule has 0 unspecified atom stereocenters. The average Bonchev–Trinajstić information content (AvgIpc) is 2.48. The number of likely N-dealkylation sites (tertiary alicyclic amines) is 1. The zero-order chi connectivity index (χ0) is 14.4. The SMILES string of the molecule is Cc1ccccc1C(=O)NCCC(=O)N1CCCCC1. The molecule has 1 aliphatic rings. The lowest BCUT2D eigenvalue weighted by molar-refractivity contribution is -0.131. The highest BCUT2D eigenvalue weighted by Gasteiger charge is 2.16. The van der Waals surface area contributed by atoms with Crippen molar-refractivity contribution in [1.29, 1.82) is 0 Å². The van der Waals surface area contributed by atoms with E-state index in [1.807, 2.05) is 30.0 Å². The number of benzene rings is 1. The van der Waals surface area contributed by atoms with Gasteiger partial charge in [-0.2, -0.15) is 0 Å². The third-order valence-corrected chi connectivity index (χ3v) is 3.72. The van der Waals surface area contributed by atoms with Gasteiger partial charge in [-0.3, -0.25) is 9.59 Å². The number of hydrogen-bond acceptors (Lipinski definition) is 2. The Morgan fingerprint density at radius 1 is 1.15 bits per heavy atom. The van der Waals surface area contributed by atoms with Crippen LogP contribution < -0.4 is 5.32 Å². The molecule has 1 aliphatic heterocycles. The van der Waals surface area contributed by atoms with Crippen molar-refractivity contribution in [3.63, 3.8) is 0 Å². The van der Waals surface area contributed by atoms with Crippen LogP contribution in [-0.2, 0) is 4.79 Å². The van der Waals surface area contributed by atoms with Crippen molar-refractivity contribution in [2.24, 2.45) is 0 Å². The van der Waals surface area contributed by atoms with Crippen LogP contribution in [0.4, 0.5) is 0 Å². The highest BCUT2D eigenvalue weighted by Crippen LogP contribution is 2.10. The molecule has 4 nitrogen and oxygen atoms in total. The van der Waals surface area contributed by atoms with Crippen molar-refractivity contribution in [2.75, 3.05) is 19.6 Å². The summed E-state index contributed by atoms with van der Waals surface area (Å²) in [6.07, 6.45) is 3.80. The van der Waals surface area contributed by atoms with Crippen LogP contribution in [0, 0.1) is 6.92 Å². The molecule has 1 saturated heterocycles. The van der Waals surface area contributed by atoms with Gasteiger partial charge in [-0.15, -0.1) is 0 Å². The van der Waals surface area contributed by atoms with E-state index in [0.717, 1.165) is 31.5 Å². The van der Waals surface area contributed by atoms with E-state index in [-0.39, 0.29) is 11.8 Å². The molecule has 0 spiro atoms. The number of nitrogens with zero attached hydrogens (tertiary/aromatic N) is 1. The van der Waals surface area contributed by atoms with E-state index in [1.54, 1.807) is 6.07 Å². The first-order valence-electron chi connectivity index (χ1n) is 7.30. The Bertz CT molecular complexity index is 479. The summed E-state index contributed by atoms with van der Waals surface area (Å²) < 4.78 is 0.